The summed E-state index contributed by atoms with van der Waals surface area (Å²) >= 11 is 0. The maximum absolute atomic E-state index is 13.3. The van der Waals surface area contributed by atoms with Gasteiger partial charge >= 0.3 is 0 Å². The van der Waals surface area contributed by atoms with Crippen molar-refractivity contribution in [3.05, 3.63) is 29.3 Å². The second-order valence-electron chi connectivity index (χ2n) is 9.11. The van der Waals surface area contributed by atoms with E-state index in [9.17, 15) is 15.0 Å². The molecular formula is C23H37NO4. The smallest absolute Gasteiger partial charge is 0.266 e. The number of aliphatic hydroxyl groups is 2. The fourth-order valence-corrected chi connectivity index (χ4v) is 4.21. The van der Waals surface area contributed by atoms with Crippen molar-refractivity contribution in [2.24, 2.45) is 5.41 Å². The average molecular weight is 392 g/mol. The number of aliphatic hydroxyl groups excluding tert-OH is 2. The van der Waals surface area contributed by atoms with Gasteiger partial charge < -0.3 is 19.8 Å². The van der Waals surface area contributed by atoms with Crippen molar-refractivity contribution in [1.82, 2.24) is 4.90 Å². The van der Waals surface area contributed by atoms with Crippen LogP contribution in [0, 0.1) is 12.3 Å². The minimum absolute atomic E-state index is 0.107. The summed E-state index contributed by atoms with van der Waals surface area (Å²) in [4.78, 5) is 15.1. The first-order valence-electron chi connectivity index (χ1n) is 10.4. The highest BCUT2D eigenvalue weighted by Gasteiger charge is 2.46. The Morgan fingerprint density at radius 2 is 2.07 bits per heavy atom. The van der Waals surface area contributed by atoms with E-state index in [0.29, 0.717) is 31.8 Å². The van der Waals surface area contributed by atoms with Crippen molar-refractivity contribution in [3.8, 4) is 5.75 Å². The van der Waals surface area contributed by atoms with Crippen LogP contribution in [0.1, 0.15) is 70.9 Å². The predicted octanol–water partition coefficient (Wildman–Crippen LogP) is 3.65. The fraction of sp³-hybridized carbons (Fsp3) is 0.696. The van der Waals surface area contributed by atoms with Gasteiger partial charge in [0.25, 0.3) is 5.91 Å². The molecule has 0 radical (unpaired) electrons. The number of hydrogen-bond donors (Lipinski definition) is 2. The van der Waals surface area contributed by atoms with Gasteiger partial charge in [-0.1, -0.05) is 39.3 Å². The predicted molar refractivity (Wildman–Crippen MR) is 112 cm³/mol. The van der Waals surface area contributed by atoms with Crippen molar-refractivity contribution < 1.29 is 19.7 Å². The first kappa shape index (κ1) is 22.7. The Morgan fingerprint density at radius 3 is 2.64 bits per heavy atom. The lowest BCUT2D eigenvalue weighted by molar-refractivity contribution is -0.156. The van der Waals surface area contributed by atoms with Gasteiger partial charge in [0.1, 0.15) is 5.75 Å². The molecule has 1 heterocycles. The number of aryl methyl sites for hydroxylation is 1. The molecule has 1 fully saturated rings. The zero-order valence-corrected chi connectivity index (χ0v) is 18.3. The Morgan fingerprint density at radius 1 is 1.39 bits per heavy atom. The molecule has 0 saturated carbocycles. The number of carbonyl (C=O) groups is 1. The topological polar surface area (TPSA) is 70.0 Å². The molecule has 5 heteroatoms. The third kappa shape index (κ3) is 4.69. The average Bonchev–Trinajstić information content (AvgIpc) is 2.62. The Hall–Kier alpha value is -1.59. The zero-order valence-electron chi connectivity index (χ0n) is 18.3. The number of piperidine rings is 1. The van der Waals surface area contributed by atoms with E-state index in [0.717, 1.165) is 23.3 Å². The molecule has 0 bridgehead atoms. The quantitative estimate of drug-likeness (QED) is 0.744. The molecule has 0 spiro atoms. The summed E-state index contributed by atoms with van der Waals surface area (Å²) in [5.41, 5.74) is 0.486. The fourth-order valence-electron chi connectivity index (χ4n) is 4.21. The number of nitrogens with zero attached hydrogens (tertiary/aromatic N) is 1. The van der Waals surface area contributed by atoms with E-state index in [4.69, 9.17) is 4.74 Å². The van der Waals surface area contributed by atoms with E-state index in [2.05, 4.69) is 26.0 Å². The second kappa shape index (κ2) is 8.83. The Balaban J connectivity index is 2.24. The largest absolute Gasteiger partial charge is 0.478 e. The maximum Gasteiger partial charge on any atom is 0.266 e. The van der Waals surface area contributed by atoms with E-state index in [1.165, 1.54) is 0 Å². The summed E-state index contributed by atoms with van der Waals surface area (Å²) in [6, 6.07) is 6.11. The number of ether oxygens (including phenoxy) is 1. The van der Waals surface area contributed by atoms with Crippen LogP contribution in [0.4, 0.5) is 0 Å². The Kier molecular flexibility index (Phi) is 7.16. The van der Waals surface area contributed by atoms with Gasteiger partial charge in [0.05, 0.1) is 12.7 Å². The van der Waals surface area contributed by atoms with Gasteiger partial charge in [-0.15, -0.1) is 0 Å². The molecule has 2 rings (SSSR count). The van der Waals surface area contributed by atoms with Crippen LogP contribution in [0.3, 0.4) is 0 Å². The minimum atomic E-state index is -1.03. The summed E-state index contributed by atoms with van der Waals surface area (Å²) in [6.07, 6.45) is 1.42. The number of hydrogen-bond acceptors (Lipinski definition) is 4. The van der Waals surface area contributed by atoms with E-state index >= 15 is 0 Å². The summed E-state index contributed by atoms with van der Waals surface area (Å²) in [7, 11) is 0. The van der Waals surface area contributed by atoms with Gasteiger partial charge in [0, 0.05) is 18.5 Å². The highest BCUT2D eigenvalue weighted by Crippen LogP contribution is 2.36. The van der Waals surface area contributed by atoms with Crippen LogP contribution in [0.5, 0.6) is 5.75 Å². The standard InChI is InChI=1S/C23H37NO4/c1-7-11-23(15-25)14-24(12-10-20(23)26)21(27)22(5,6)28-19-13-17(4)8-9-18(19)16(2)3/h8-9,13,16,20,25-26H,7,10-12,14-15H2,1-6H3/t20-,23+/m1/s1. The highest BCUT2D eigenvalue weighted by molar-refractivity contribution is 5.85. The number of rotatable bonds is 7. The second-order valence-corrected chi connectivity index (χ2v) is 9.11. The minimum Gasteiger partial charge on any atom is -0.478 e. The molecule has 1 saturated heterocycles. The molecule has 1 aromatic carbocycles. The van der Waals surface area contributed by atoms with Crippen molar-refractivity contribution in [3.63, 3.8) is 0 Å². The molecule has 1 aromatic rings. The molecule has 0 aromatic heterocycles. The lowest BCUT2D eigenvalue weighted by Gasteiger charge is -2.47. The van der Waals surface area contributed by atoms with Crippen LogP contribution in [0.2, 0.25) is 0 Å². The SMILES string of the molecule is CCC[C@@]1(CO)CN(C(=O)C(C)(C)Oc2cc(C)ccc2C(C)C)CC[C@H]1O. The number of amides is 1. The molecule has 0 aliphatic carbocycles. The monoisotopic (exact) mass is 391 g/mol. The summed E-state index contributed by atoms with van der Waals surface area (Å²) < 4.78 is 6.26. The summed E-state index contributed by atoms with van der Waals surface area (Å²) in [5, 5.41) is 20.5. The molecule has 1 amide bonds. The van der Waals surface area contributed by atoms with Gasteiger partial charge in [0.2, 0.25) is 0 Å². The van der Waals surface area contributed by atoms with Gasteiger partial charge in [-0.05, 0) is 56.7 Å². The summed E-state index contributed by atoms with van der Waals surface area (Å²) in [5.74, 6) is 0.926. The van der Waals surface area contributed by atoms with E-state index in [-0.39, 0.29) is 12.5 Å². The lowest BCUT2D eigenvalue weighted by Crippen LogP contribution is -2.59. The molecule has 0 unspecified atom stereocenters. The summed E-state index contributed by atoms with van der Waals surface area (Å²) in [6.45, 7) is 12.6. The van der Waals surface area contributed by atoms with Crippen LogP contribution in [0.15, 0.2) is 18.2 Å². The van der Waals surface area contributed by atoms with Crippen LogP contribution < -0.4 is 4.74 Å². The first-order valence-corrected chi connectivity index (χ1v) is 10.4. The third-order valence-corrected chi connectivity index (χ3v) is 5.91. The zero-order chi connectivity index (χ0) is 21.1. The van der Waals surface area contributed by atoms with Gasteiger partial charge in [-0.3, -0.25) is 4.79 Å². The Labute approximate surface area is 169 Å². The van der Waals surface area contributed by atoms with Crippen molar-refractivity contribution in [2.75, 3.05) is 19.7 Å². The van der Waals surface area contributed by atoms with E-state index in [1.54, 1.807) is 18.7 Å². The molecule has 158 valence electrons. The van der Waals surface area contributed by atoms with Crippen LogP contribution in [0.25, 0.3) is 0 Å². The van der Waals surface area contributed by atoms with E-state index < -0.39 is 17.1 Å². The molecule has 2 N–H and O–H groups in total. The van der Waals surface area contributed by atoms with Crippen molar-refractivity contribution in [2.45, 2.75) is 78.4 Å². The van der Waals surface area contributed by atoms with Crippen molar-refractivity contribution in [1.29, 1.82) is 0 Å². The highest BCUT2D eigenvalue weighted by atomic mass is 16.5. The van der Waals surface area contributed by atoms with E-state index in [1.807, 2.05) is 19.9 Å². The molecule has 2 atom stereocenters. The Bertz CT molecular complexity index is 685. The van der Waals surface area contributed by atoms with Gasteiger partial charge in [0.15, 0.2) is 5.60 Å². The number of carbonyl (C=O) groups excluding carboxylic acids is 1. The van der Waals surface area contributed by atoms with Crippen molar-refractivity contribution >= 4 is 5.91 Å². The van der Waals surface area contributed by atoms with Crippen LogP contribution in [-0.4, -0.2) is 52.4 Å². The first-order chi connectivity index (χ1) is 13.1. The normalized spacial score (nSPS) is 23.2. The molecule has 1 aliphatic heterocycles. The molecular weight excluding hydrogens is 354 g/mol. The van der Waals surface area contributed by atoms with Gasteiger partial charge in [-0.2, -0.15) is 0 Å². The number of benzene rings is 1. The molecule has 5 nitrogen and oxygen atoms in total. The lowest BCUT2D eigenvalue weighted by atomic mass is 9.74. The molecule has 1 aliphatic rings. The van der Waals surface area contributed by atoms with Crippen LogP contribution >= 0.6 is 0 Å². The van der Waals surface area contributed by atoms with Crippen LogP contribution in [-0.2, 0) is 4.79 Å². The molecule has 28 heavy (non-hydrogen) atoms. The maximum atomic E-state index is 13.3. The third-order valence-electron chi connectivity index (χ3n) is 5.91. The van der Waals surface area contributed by atoms with Gasteiger partial charge in [-0.25, -0.2) is 0 Å². The number of likely N-dealkylation sites (tertiary alicyclic amines) is 1.